The fraction of sp³-hybridized carbons (Fsp3) is 0.500. The van der Waals surface area contributed by atoms with Crippen LogP contribution in [0.3, 0.4) is 0 Å². The highest BCUT2D eigenvalue weighted by Gasteiger charge is 2.42. The second-order valence-corrected chi connectivity index (χ2v) is 13.1. The SMILES string of the molecule is CC1CCCCN1CCCNC(=O)[C@H](Cc1ccccc1)NC(=O)C1(NC(=O)c2cc3ccccc3s2)CCCCC1. The Hall–Kier alpha value is -3.23. The summed E-state index contributed by atoms with van der Waals surface area (Å²) in [6.07, 6.45) is 8.88. The van der Waals surface area contributed by atoms with Crippen LogP contribution in [0.1, 0.15) is 79.9 Å². The van der Waals surface area contributed by atoms with Gasteiger partial charge < -0.3 is 20.9 Å². The van der Waals surface area contributed by atoms with Crippen molar-refractivity contribution in [3.63, 3.8) is 0 Å². The normalized spacial score (nSPS) is 19.6. The van der Waals surface area contributed by atoms with Gasteiger partial charge >= 0.3 is 0 Å². The molecule has 0 radical (unpaired) electrons. The van der Waals surface area contributed by atoms with E-state index in [1.54, 1.807) is 0 Å². The van der Waals surface area contributed by atoms with Gasteiger partial charge in [0.1, 0.15) is 11.6 Å². The molecule has 5 rings (SSSR count). The molecular weight excluding hydrogens is 544 g/mol. The van der Waals surface area contributed by atoms with Gasteiger partial charge in [-0.1, -0.05) is 74.2 Å². The molecule has 2 aromatic carbocycles. The van der Waals surface area contributed by atoms with E-state index in [0.29, 0.717) is 36.7 Å². The maximum atomic E-state index is 14.0. The van der Waals surface area contributed by atoms with Crippen LogP contribution in [0.25, 0.3) is 10.1 Å². The van der Waals surface area contributed by atoms with E-state index < -0.39 is 11.6 Å². The van der Waals surface area contributed by atoms with Crippen molar-refractivity contribution < 1.29 is 14.4 Å². The van der Waals surface area contributed by atoms with Crippen molar-refractivity contribution in [2.45, 2.75) is 88.8 Å². The second kappa shape index (κ2) is 14.3. The van der Waals surface area contributed by atoms with Crippen molar-refractivity contribution in [2.24, 2.45) is 0 Å². The van der Waals surface area contributed by atoms with Gasteiger partial charge in [-0.15, -0.1) is 11.3 Å². The first-order valence-electron chi connectivity index (χ1n) is 15.6. The molecule has 224 valence electrons. The van der Waals surface area contributed by atoms with Gasteiger partial charge in [-0.05, 0) is 68.7 Å². The highest BCUT2D eigenvalue weighted by atomic mass is 32.1. The van der Waals surface area contributed by atoms with E-state index in [9.17, 15) is 14.4 Å². The van der Waals surface area contributed by atoms with Gasteiger partial charge in [0.05, 0.1) is 4.88 Å². The van der Waals surface area contributed by atoms with Crippen LogP contribution in [0, 0.1) is 0 Å². The van der Waals surface area contributed by atoms with Gasteiger partial charge in [0.25, 0.3) is 5.91 Å². The Bertz CT molecular complexity index is 1320. The Morgan fingerprint density at radius 2 is 1.74 bits per heavy atom. The fourth-order valence-corrected chi connectivity index (χ4v) is 7.36. The maximum Gasteiger partial charge on any atom is 0.262 e. The molecule has 2 atom stereocenters. The average molecular weight is 589 g/mol. The summed E-state index contributed by atoms with van der Waals surface area (Å²) < 4.78 is 1.04. The number of carbonyl (C=O) groups is 3. The van der Waals surface area contributed by atoms with Gasteiger partial charge in [0.2, 0.25) is 11.8 Å². The van der Waals surface area contributed by atoms with E-state index in [0.717, 1.165) is 54.4 Å². The minimum Gasteiger partial charge on any atom is -0.354 e. The zero-order valence-corrected chi connectivity index (χ0v) is 25.5. The lowest BCUT2D eigenvalue weighted by Crippen LogP contribution is -2.63. The average Bonchev–Trinajstić information content (AvgIpc) is 3.45. The van der Waals surface area contributed by atoms with Crippen molar-refractivity contribution in [1.82, 2.24) is 20.9 Å². The largest absolute Gasteiger partial charge is 0.354 e. The maximum absolute atomic E-state index is 14.0. The summed E-state index contributed by atoms with van der Waals surface area (Å²) in [5, 5.41) is 10.3. The van der Waals surface area contributed by atoms with E-state index in [2.05, 4.69) is 27.8 Å². The van der Waals surface area contributed by atoms with E-state index in [1.165, 1.54) is 30.6 Å². The van der Waals surface area contributed by atoms with Crippen LogP contribution in [0.4, 0.5) is 0 Å². The first kappa shape index (κ1) is 30.2. The molecular formula is C34H44N4O3S. The zero-order chi connectivity index (χ0) is 29.4. The Morgan fingerprint density at radius 1 is 0.976 bits per heavy atom. The molecule has 42 heavy (non-hydrogen) atoms. The van der Waals surface area contributed by atoms with Gasteiger partial charge in [-0.2, -0.15) is 0 Å². The highest BCUT2D eigenvalue weighted by molar-refractivity contribution is 7.20. The monoisotopic (exact) mass is 588 g/mol. The molecule has 1 aliphatic heterocycles. The summed E-state index contributed by atoms with van der Waals surface area (Å²) in [6, 6.07) is 19.4. The lowest BCUT2D eigenvalue weighted by molar-refractivity contribution is -0.133. The fourth-order valence-electron chi connectivity index (χ4n) is 6.40. The molecule has 2 fully saturated rings. The lowest BCUT2D eigenvalue weighted by atomic mass is 9.80. The minimum absolute atomic E-state index is 0.180. The van der Waals surface area contributed by atoms with E-state index in [1.807, 2.05) is 60.7 Å². The van der Waals surface area contributed by atoms with Crippen LogP contribution in [0.2, 0.25) is 0 Å². The zero-order valence-electron chi connectivity index (χ0n) is 24.7. The number of piperidine rings is 1. The molecule has 1 saturated heterocycles. The highest BCUT2D eigenvalue weighted by Crippen LogP contribution is 2.31. The predicted octanol–water partition coefficient (Wildman–Crippen LogP) is 5.44. The molecule has 8 heteroatoms. The summed E-state index contributed by atoms with van der Waals surface area (Å²) in [5.41, 5.74) is -0.0578. The number of carbonyl (C=O) groups excluding carboxylic acids is 3. The summed E-state index contributed by atoms with van der Waals surface area (Å²) in [6.45, 7) is 4.93. The first-order valence-corrected chi connectivity index (χ1v) is 16.4. The Labute approximate surface area is 253 Å². The molecule has 1 unspecified atom stereocenters. The summed E-state index contributed by atoms with van der Waals surface area (Å²) in [5.74, 6) is -0.681. The van der Waals surface area contributed by atoms with Gasteiger partial charge in [0, 0.05) is 30.3 Å². The van der Waals surface area contributed by atoms with Gasteiger partial charge in [-0.25, -0.2) is 0 Å². The predicted molar refractivity (Wildman–Crippen MR) is 170 cm³/mol. The van der Waals surface area contributed by atoms with Crippen LogP contribution in [-0.2, 0) is 16.0 Å². The summed E-state index contributed by atoms with van der Waals surface area (Å²) in [4.78, 5) is 44.1. The third kappa shape index (κ3) is 7.58. The van der Waals surface area contributed by atoms with Crippen molar-refractivity contribution in [3.05, 3.63) is 71.1 Å². The Balaban J connectivity index is 1.26. The number of rotatable bonds is 11. The van der Waals surface area contributed by atoms with E-state index in [-0.39, 0.29) is 17.7 Å². The molecule has 1 aliphatic carbocycles. The molecule has 2 aliphatic rings. The van der Waals surface area contributed by atoms with Gasteiger partial charge in [-0.3, -0.25) is 14.4 Å². The van der Waals surface area contributed by atoms with Crippen LogP contribution in [0.5, 0.6) is 0 Å². The number of nitrogens with zero attached hydrogens (tertiary/aromatic N) is 1. The molecule has 1 aromatic heterocycles. The van der Waals surface area contributed by atoms with Crippen molar-refractivity contribution in [2.75, 3.05) is 19.6 Å². The lowest BCUT2D eigenvalue weighted by Gasteiger charge is -2.37. The number of benzene rings is 2. The molecule has 1 saturated carbocycles. The molecule has 2 heterocycles. The van der Waals surface area contributed by atoms with Crippen molar-refractivity contribution in [1.29, 1.82) is 0 Å². The molecule has 7 nitrogen and oxygen atoms in total. The Kier molecular flexibility index (Phi) is 10.3. The quantitative estimate of drug-likeness (QED) is 0.260. The molecule has 3 N–H and O–H groups in total. The van der Waals surface area contributed by atoms with Crippen LogP contribution in [-0.4, -0.2) is 59.9 Å². The van der Waals surface area contributed by atoms with Crippen LogP contribution in [0.15, 0.2) is 60.7 Å². The molecule has 3 aromatic rings. The number of amides is 3. The van der Waals surface area contributed by atoms with Gasteiger partial charge in [0.15, 0.2) is 0 Å². The van der Waals surface area contributed by atoms with Crippen LogP contribution >= 0.6 is 11.3 Å². The number of likely N-dealkylation sites (tertiary alicyclic amines) is 1. The topological polar surface area (TPSA) is 90.5 Å². The third-order valence-corrected chi connectivity index (χ3v) is 10.0. The Morgan fingerprint density at radius 3 is 2.50 bits per heavy atom. The van der Waals surface area contributed by atoms with Crippen molar-refractivity contribution >= 4 is 39.1 Å². The van der Waals surface area contributed by atoms with E-state index in [4.69, 9.17) is 0 Å². The number of hydrogen-bond donors (Lipinski definition) is 3. The van der Waals surface area contributed by atoms with Crippen LogP contribution < -0.4 is 16.0 Å². The minimum atomic E-state index is -1.04. The smallest absolute Gasteiger partial charge is 0.262 e. The number of fused-ring (bicyclic) bond motifs is 1. The number of hydrogen-bond acceptors (Lipinski definition) is 5. The third-order valence-electron chi connectivity index (χ3n) is 8.91. The number of nitrogens with one attached hydrogen (secondary N) is 3. The summed E-state index contributed by atoms with van der Waals surface area (Å²) in [7, 11) is 0. The molecule has 0 spiro atoms. The second-order valence-electron chi connectivity index (χ2n) is 12.0. The standard InChI is InChI=1S/C34H44N4O3S/c1-25-13-8-11-21-38(25)22-12-20-35-31(39)28(23-26-14-4-2-5-15-26)36-33(41)34(18-9-3-10-19-34)37-32(40)30-24-27-16-6-7-17-29(27)42-30/h2,4-7,14-17,24-25,28H,3,8-13,18-23H2,1H3,(H,35,39)(H,36,41)(H,37,40)/t25?,28-/m0/s1. The first-order chi connectivity index (χ1) is 20.4. The summed E-state index contributed by atoms with van der Waals surface area (Å²) >= 11 is 1.44. The number of thiophene rings is 1. The molecule has 0 bridgehead atoms. The molecule has 3 amide bonds. The van der Waals surface area contributed by atoms with Crippen molar-refractivity contribution in [3.8, 4) is 0 Å². The van der Waals surface area contributed by atoms with E-state index >= 15 is 0 Å².